The Kier molecular flexibility index (Phi) is 4.40. The highest BCUT2D eigenvalue weighted by Gasteiger charge is 2.35. The third kappa shape index (κ3) is 3.05. The summed E-state index contributed by atoms with van der Waals surface area (Å²) in [5, 5.41) is 10.1. The Bertz CT molecular complexity index is 772. The number of β-amino-alcohol motifs (C(OH)–C–C–N with tert-alkyl or cyclic N) is 1. The molecule has 2 aromatic rings. The van der Waals surface area contributed by atoms with Crippen LogP contribution in [0.3, 0.4) is 0 Å². The topological polar surface area (TPSA) is 57.6 Å². The average molecular weight is 331 g/mol. The molecule has 2 amide bonds. The summed E-state index contributed by atoms with van der Waals surface area (Å²) in [6.07, 6.45) is -0.416. The molecule has 124 valence electrons. The van der Waals surface area contributed by atoms with Crippen molar-refractivity contribution in [2.24, 2.45) is 0 Å². The van der Waals surface area contributed by atoms with Crippen molar-refractivity contribution in [3.8, 4) is 0 Å². The molecule has 0 aromatic heterocycles. The van der Waals surface area contributed by atoms with Crippen molar-refractivity contribution in [2.75, 3.05) is 6.54 Å². The molecule has 6 heteroatoms. The maximum Gasteiger partial charge on any atom is 0.261 e. The summed E-state index contributed by atoms with van der Waals surface area (Å²) < 4.78 is 26.0. The molecule has 24 heavy (non-hydrogen) atoms. The first-order valence-electron chi connectivity index (χ1n) is 7.54. The van der Waals surface area contributed by atoms with E-state index in [9.17, 15) is 23.5 Å². The van der Waals surface area contributed by atoms with Gasteiger partial charge in [0.1, 0.15) is 0 Å². The molecule has 0 fully saturated rings. The SMILES string of the molecule is O=C1c2ccccc2C(=O)N1C[C@H](O)CCc1ccc(F)c(F)c1. The smallest absolute Gasteiger partial charge is 0.261 e. The summed E-state index contributed by atoms with van der Waals surface area (Å²) in [5.74, 6) is -2.72. The Morgan fingerprint density at radius 2 is 1.58 bits per heavy atom. The number of aliphatic hydroxyl groups is 1. The highest BCUT2D eigenvalue weighted by molar-refractivity contribution is 6.21. The van der Waals surface area contributed by atoms with E-state index >= 15 is 0 Å². The highest BCUT2D eigenvalue weighted by atomic mass is 19.2. The van der Waals surface area contributed by atoms with Crippen LogP contribution < -0.4 is 0 Å². The van der Waals surface area contributed by atoms with Crippen LogP contribution >= 0.6 is 0 Å². The molecule has 0 spiro atoms. The van der Waals surface area contributed by atoms with E-state index in [0.29, 0.717) is 23.1 Å². The Labute approximate surface area is 137 Å². The number of aryl methyl sites for hydroxylation is 1. The Balaban J connectivity index is 1.61. The van der Waals surface area contributed by atoms with Crippen LogP contribution in [0.4, 0.5) is 8.78 Å². The fourth-order valence-electron chi connectivity index (χ4n) is 2.74. The summed E-state index contributed by atoms with van der Waals surface area (Å²) >= 11 is 0. The lowest BCUT2D eigenvalue weighted by atomic mass is 10.1. The van der Waals surface area contributed by atoms with Crippen molar-refractivity contribution < 1.29 is 23.5 Å². The molecule has 0 bridgehead atoms. The lowest BCUT2D eigenvalue weighted by Gasteiger charge is -2.18. The minimum Gasteiger partial charge on any atom is -0.391 e. The van der Waals surface area contributed by atoms with Gasteiger partial charge in [-0.3, -0.25) is 14.5 Å². The summed E-state index contributed by atoms with van der Waals surface area (Å²) in [5.41, 5.74) is 1.20. The van der Waals surface area contributed by atoms with Crippen LogP contribution in [-0.2, 0) is 6.42 Å². The standard InChI is InChI=1S/C18H15F2NO3/c19-15-8-6-11(9-16(15)20)5-7-12(22)10-21-17(23)13-3-1-2-4-14(13)18(21)24/h1-4,6,8-9,12,22H,5,7,10H2/t12-/m1/s1. The molecule has 1 aliphatic rings. The first-order chi connectivity index (χ1) is 11.5. The minimum absolute atomic E-state index is 0.129. The molecule has 3 rings (SSSR count). The van der Waals surface area contributed by atoms with Gasteiger partial charge in [0, 0.05) is 0 Å². The van der Waals surface area contributed by atoms with Gasteiger partial charge in [0.25, 0.3) is 11.8 Å². The molecule has 1 N–H and O–H groups in total. The van der Waals surface area contributed by atoms with Gasteiger partial charge in [-0.15, -0.1) is 0 Å². The molecule has 0 radical (unpaired) electrons. The molecule has 0 saturated carbocycles. The van der Waals surface area contributed by atoms with Crippen molar-refractivity contribution in [1.82, 2.24) is 4.90 Å². The number of imide groups is 1. The van der Waals surface area contributed by atoms with Crippen molar-refractivity contribution >= 4 is 11.8 Å². The molecule has 1 atom stereocenters. The summed E-state index contributed by atoms with van der Waals surface area (Å²) in [6, 6.07) is 10.0. The van der Waals surface area contributed by atoms with Gasteiger partial charge in [0.05, 0.1) is 23.8 Å². The van der Waals surface area contributed by atoms with E-state index < -0.39 is 29.6 Å². The number of hydrogen-bond acceptors (Lipinski definition) is 3. The van der Waals surface area contributed by atoms with Crippen LogP contribution in [0.5, 0.6) is 0 Å². The van der Waals surface area contributed by atoms with E-state index in [4.69, 9.17) is 0 Å². The predicted octanol–water partition coefficient (Wildman–Crippen LogP) is 2.55. The fourth-order valence-corrected chi connectivity index (χ4v) is 2.74. The number of hydrogen-bond donors (Lipinski definition) is 1. The average Bonchev–Trinajstić information content (AvgIpc) is 2.81. The molecule has 1 aliphatic heterocycles. The van der Waals surface area contributed by atoms with Crippen molar-refractivity contribution in [2.45, 2.75) is 18.9 Å². The molecule has 0 saturated heterocycles. The monoisotopic (exact) mass is 331 g/mol. The number of amides is 2. The van der Waals surface area contributed by atoms with Crippen LogP contribution in [-0.4, -0.2) is 34.5 Å². The third-order valence-corrected chi connectivity index (χ3v) is 4.02. The van der Waals surface area contributed by atoms with E-state index in [2.05, 4.69) is 0 Å². The normalized spacial score (nSPS) is 14.9. The van der Waals surface area contributed by atoms with Crippen LogP contribution in [0.2, 0.25) is 0 Å². The lowest BCUT2D eigenvalue weighted by molar-refractivity contribution is 0.0534. The van der Waals surface area contributed by atoms with E-state index in [-0.39, 0.29) is 13.0 Å². The van der Waals surface area contributed by atoms with Crippen molar-refractivity contribution in [3.63, 3.8) is 0 Å². The van der Waals surface area contributed by atoms with E-state index in [0.717, 1.165) is 17.0 Å². The number of nitrogens with zero attached hydrogens (tertiary/aromatic N) is 1. The first-order valence-corrected chi connectivity index (χ1v) is 7.54. The van der Waals surface area contributed by atoms with E-state index in [1.165, 1.54) is 6.07 Å². The van der Waals surface area contributed by atoms with E-state index in [1.807, 2.05) is 0 Å². The zero-order valence-electron chi connectivity index (χ0n) is 12.7. The number of carbonyl (C=O) groups is 2. The van der Waals surface area contributed by atoms with Gasteiger partial charge >= 0.3 is 0 Å². The Hall–Kier alpha value is -2.60. The van der Waals surface area contributed by atoms with Crippen LogP contribution in [0.15, 0.2) is 42.5 Å². The van der Waals surface area contributed by atoms with Gasteiger partial charge in [-0.1, -0.05) is 18.2 Å². The highest BCUT2D eigenvalue weighted by Crippen LogP contribution is 2.23. The number of fused-ring (bicyclic) bond motifs is 1. The fraction of sp³-hybridized carbons (Fsp3) is 0.222. The maximum atomic E-state index is 13.2. The van der Waals surface area contributed by atoms with Crippen LogP contribution in [0, 0.1) is 11.6 Å². The number of aliphatic hydroxyl groups excluding tert-OH is 1. The van der Waals surface area contributed by atoms with Crippen molar-refractivity contribution in [3.05, 3.63) is 70.8 Å². The maximum absolute atomic E-state index is 13.2. The van der Waals surface area contributed by atoms with Gasteiger partial charge < -0.3 is 5.11 Å². The molecule has 2 aromatic carbocycles. The van der Waals surface area contributed by atoms with Gasteiger partial charge in [-0.25, -0.2) is 8.78 Å². The summed E-state index contributed by atoms with van der Waals surface area (Å²) in [6.45, 7) is -0.129. The summed E-state index contributed by atoms with van der Waals surface area (Å²) in [4.78, 5) is 25.4. The lowest BCUT2D eigenvalue weighted by Crippen LogP contribution is -2.37. The number of benzene rings is 2. The predicted molar refractivity (Wildman–Crippen MR) is 82.5 cm³/mol. The van der Waals surface area contributed by atoms with Gasteiger partial charge in [-0.05, 0) is 42.7 Å². The Morgan fingerprint density at radius 1 is 0.958 bits per heavy atom. The second kappa shape index (κ2) is 6.49. The molecular weight excluding hydrogens is 316 g/mol. The molecular formula is C18H15F2NO3. The van der Waals surface area contributed by atoms with Crippen LogP contribution in [0.1, 0.15) is 32.7 Å². The van der Waals surface area contributed by atoms with Crippen molar-refractivity contribution in [1.29, 1.82) is 0 Å². The van der Waals surface area contributed by atoms with Crippen LogP contribution in [0.25, 0.3) is 0 Å². The minimum atomic E-state index is -0.944. The Morgan fingerprint density at radius 3 is 2.17 bits per heavy atom. The zero-order chi connectivity index (χ0) is 17.3. The molecule has 0 aliphatic carbocycles. The third-order valence-electron chi connectivity index (χ3n) is 4.02. The first kappa shape index (κ1) is 16.3. The number of carbonyl (C=O) groups excluding carboxylic acids is 2. The van der Waals surface area contributed by atoms with E-state index in [1.54, 1.807) is 24.3 Å². The molecule has 1 heterocycles. The number of halogens is 2. The largest absolute Gasteiger partial charge is 0.391 e. The summed E-state index contributed by atoms with van der Waals surface area (Å²) in [7, 11) is 0. The second-order valence-electron chi connectivity index (χ2n) is 5.71. The molecule has 4 nitrogen and oxygen atoms in total. The van der Waals surface area contributed by atoms with Gasteiger partial charge in [-0.2, -0.15) is 0 Å². The second-order valence-corrected chi connectivity index (χ2v) is 5.71. The van der Waals surface area contributed by atoms with Gasteiger partial charge in [0.2, 0.25) is 0 Å². The van der Waals surface area contributed by atoms with Gasteiger partial charge in [0.15, 0.2) is 11.6 Å². The number of rotatable bonds is 5. The molecule has 0 unspecified atom stereocenters. The quantitative estimate of drug-likeness (QED) is 0.857. The zero-order valence-corrected chi connectivity index (χ0v) is 12.7.